The number of hydrogen-bond acceptors (Lipinski definition) is 3. The largest absolute Gasteiger partial charge is 0.313 e. The van der Waals surface area contributed by atoms with Crippen molar-refractivity contribution in [2.24, 2.45) is 0 Å². The average Bonchev–Trinajstić information content (AvgIpc) is 2.69. The molecule has 92 valence electrons. The van der Waals surface area contributed by atoms with Crippen LogP contribution in [0.5, 0.6) is 0 Å². The summed E-state index contributed by atoms with van der Waals surface area (Å²) in [6.45, 7) is 2.17. The van der Waals surface area contributed by atoms with Crippen molar-refractivity contribution >= 4 is 37.5 Å². The third kappa shape index (κ3) is 3.39. The third-order valence-corrected chi connectivity index (χ3v) is 4.22. The van der Waals surface area contributed by atoms with Crippen LogP contribution in [0, 0.1) is 0 Å². The Morgan fingerprint density at radius 3 is 3.06 bits per heavy atom. The molecule has 0 aromatic carbocycles. The third-order valence-electron chi connectivity index (χ3n) is 2.66. The van der Waals surface area contributed by atoms with Gasteiger partial charge in [0.15, 0.2) is 0 Å². The Labute approximate surface area is 112 Å². The minimum atomic E-state index is -0.0356. The van der Waals surface area contributed by atoms with Gasteiger partial charge in [0.1, 0.15) is 4.83 Å². The second kappa shape index (κ2) is 5.78. The van der Waals surface area contributed by atoms with Crippen LogP contribution in [0.15, 0.2) is 17.2 Å². The van der Waals surface area contributed by atoms with Crippen LogP contribution < -0.4 is 5.56 Å². The maximum Gasteiger partial charge on any atom is 0.259 e. The molecule has 1 unspecified atom stereocenters. The molecule has 0 fully saturated rings. The minimum Gasteiger partial charge on any atom is -0.313 e. The van der Waals surface area contributed by atoms with Gasteiger partial charge in [-0.3, -0.25) is 4.79 Å². The quantitative estimate of drug-likeness (QED) is 0.678. The van der Waals surface area contributed by atoms with E-state index in [1.807, 2.05) is 6.07 Å². The predicted molar refractivity (Wildman–Crippen MR) is 76.2 cm³/mol. The summed E-state index contributed by atoms with van der Waals surface area (Å²) in [6, 6.07) is 1.98. The van der Waals surface area contributed by atoms with E-state index in [4.69, 9.17) is 0 Å². The summed E-state index contributed by atoms with van der Waals surface area (Å²) in [7, 11) is 0. The minimum absolute atomic E-state index is 0.0356. The molecule has 0 bridgehead atoms. The molecule has 0 radical (unpaired) electrons. The molecule has 1 atom stereocenters. The average molecular weight is 315 g/mol. The molecule has 0 aliphatic rings. The monoisotopic (exact) mass is 314 g/mol. The highest BCUT2D eigenvalue weighted by Gasteiger charge is 2.05. The highest BCUT2D eigenvalue weighted by atomic mass is 79.9. The van der Waals surface area contributed by atoms with Crippen LogP contribution in [0.3, 0.4) is 0 Å². The van der Waals surface area contributed by atoms with Gasteiger partial charge in [0.05, 0.1) is 11.7 Å². The van der Waals surface area contributed by atoms with Gasteiger partial charge in [-0.25, -0.2) is 4.98 Å². The van der Waals surface area contributed by atoms with Crippen LogP contribution in [0.1, 0.15) is 31.1 Å². The summed E-state index contributed by atoms with van der Waals surface area (Å²) < 4.78 is 0. The van der Waals surface area contributed by atoms with E-state index >= 15 is 0 Å². The Hall–Kier alpha value is -0.680. The summed E-state index contributed by atoms with van der Waals surface area (Å²) in [4.78, 5) is 21.0. The van der Waals surface area contributed by atoms with Crippen molar-refractivity contribution in [1.29, 1.82) is 0 Å². The number of nitrogens with zero attached hydrogens (tertiary/aromatic N) is 1. The maximum atomic E-state index is 11.5. The number of aromatic amines is 1. The molecule has 17 heavy (non-hydrogen) atoms. The lowest BCUT2D eigenvalue weighted by Gasteiger charge is -2.01. The number of thiophene rings is 1. The zero-order valence-electron chi connectivity index (χ0n) is 9.70. The summed E-state index contributed by atoms with van der Waals surface area (Å²) >= 11 is 5.17. The molecule has 2 aromatic heterocycles. The lowest BCUT2D eigenvalue weighted by molar-refractivity contribution is 0.684. The lowest BCUT2D eigenvalue weighted by Crippen LogP contribution is -2.03. The number of H-pyrrole nitrogens is 1. The molecule has 0 aliphatic carbocycles. The van der Waals surface area contributed by atoms with E-state index in [0.29, 0.717) is 4.83 Å². The Bertz CT molecular complexity index is 547. The number of aromatic nitrogens is 2. The number of alkyl halides is 1. The molecule has 0 saturated heterocycles. The standard InChI is InChI=1S/C12H15BrN2OS/c1-8(13)4-2-3-5-9-6-10-11(16)14-7-15-12(10)17-9/h6-8H,2-5H2,1H3,(H,14,15,16). The van der Waals surface area contributed by atoms with E-state index in [-0.39, 0.29) is 5.56 Å². The van der Waals surface area contributed by atoms with Crippen molar-refractivity contribution in [1.82, 2.24) is 9.97 Å². The maximum absolute atomic E-state index is 11.5. The van der Waals surface area contributed by atoms with Gasteiger partial charge in [-0.15, -0.1) is 11.3 Å². The highest BCUT2D eigenvalue weighted by Crippen LogP contribution is 2.22. The molecule has 2 heterocycles. The van der Waals surface area contributed by atoms with Gasteiger partial charge in [-0.2, -0.15) is 0 Å². The van der Waals surface area contributed by atoms with Crippen molar-refractivity contribution in [2.45, 2.75) is 37.4 Å². The van der Waals surface area contributed by atoms with Gasteiger partial charge in [0.25, 0.3) is 5.56 Å². The number of rotatable bonds is 5. The van der Waals surface area contributed by atoms with E-state index in [9.17, 15) is 4.79 Å². The number of unbranched alkanes of at least 4 members (excludes halogenated alkanes) is 1. The summed E-state index contributed by atoms with van der Waals surface area (Å²) in [6.07, 6.45) is 6.09. The zero-order valence-corrected chi connectivity index (χ0v) is 12.1. The van der Waals surface area contributed by atoms with Gasteiger partial charge >= 0.3 is 0 Å². The smallest absolute Gasteiger partial charge is 0.259 e. The van der Waals surface area contributed by atoms with E-state index in [0.717, 1.165) is 16.6 Å². The number of hydrogen-bond donors (Lipinski definition) is 1. The molecular weight excluding hydrogens is 300 g/mol. The molecule has 5 heteroatoms. The molecule has 0 aliphatic heterocycles. The van der Waals surface area contributed by atoms with E-state index in [1.165, 1.54) is 30.5 Å². The summed E-state index contributed by atoms with van der Waals surface area (Å²) in [5, 5.41) is 0.723. The summed E-state index contributed by atoms with van der Waals surface area (Å²) in [5.74, 6) is 0. The topological polar surface area (TPSA) is 45.8 Å². The first-order valence-electron chi connectivity index (χ1n) is 5.77. The molecule has 1 N–H and O–H groups in total. The first-order chi connectivity index (χ1) is 8.16. The van der Waals surface area contributed by atoms with E-state index in [2.05, 4.69) is 32.8 Å². The van der Waals surface area contributed by atoms with E-state index < -0.39 is 0 Å². The van der Waals surface area contributed by atoms with Gasteiger partial charge in [-0.05, 0) is 25.3 Å². The van der Waals surface area contributed by atoms with Crippen LogP contribution in [0.2, 0.25) is 0 Å². The van der Waals surface area contributed by atoms with Gasteiger partial charge in [0.2, 0.25) is 0 Å². The van der Waals surface area contributed by atoms with Crippen LogP contribution in [-0.2, 0) is 6.42 Å². The second-order valence-electron chi connectivity index (χ2n) is 4.19. The van der Waals surface area contributed by atoms with Crippen LogP contribution in [-0.4, -0.2) is 14.8 Å². The Kier molecular flexibility index (Phi) is 4.34. The van der Waals surface area contributed by atoms with Crippen LogP contribution in [0.4, 0.5) is 0 Å². The Balaban J connectivity index is 2.00. The highest BCUT2D eigenvalue weighted by molar-refractivity contribution is 9.09. The van der Waals surface area contributed by atoms with E-state index in [1.54, 1.807) is 11.3 Å². The van der Waals surface area contributed by atoms with Crippen LogP contribution >= 0.6 is 27.3 Å². The summed E-state index contributed by atoms with van der Waals surface area (Å²) in [5.41, 5.74) is -0.0356. The normalized spacial score (nSPS) is 13.1. The van der Waals surface area contributed by atoms with Gasteiger partial charge < -0.3 is 4.98 Å². The zero-order chi connectivity index (χ0) is 12.3. The predicted octanol–water partition coefficient (Wildman–Crippen LogP) is 3.48. The number of fused-ring (bicyclic) bond motifs is 1. The van der Waals surface area contributed by atoms with Gasteiger partial charge in [-0.1, -0.05) is 29.3 Å². The molecule has 0 amide bonds. The number of nitrogens with one attached hydrogen (secondary N) is 1. The van der Waals surface area contributed by atoms with Crippen molar-refractivity contribution in [3.05, 3.63) is 27.6 Å². The van der Waals surface area contributed by atoms with Crippen molar-refractivity contribution in [3.8, 4) is 0 Å². The first kappa shape index (κ1) is 12.8. The van der Waals surface area contributed by atoms with Gasteiger partial charge in [0, 0.05) is 9.70 Å². The first-order valence-corrected chi connectivity index (χ1v) is 7.50. The molecule has 0 spiro atoms. The molecule has 2 aromatic rings. The van der Waals surface area contributed by atoms with Crippen LogP contribution in [0.25, 0.3) is 10.2 Å². The molecular formula is C12H15BrN2OS. The molecule has 0 saturated carbocycles. The fraction of sp³-hybridized carbons (Fsp3) is 0.500. The van der Waals surface area contributed by atoms with Crippen molar-refractivity contribution in [3.63, 3.8) is 0 Å². The number of halogens is 1. The SMILES string of the molecule is CC(Br)CCCCc1cc2c(=O)[nH]cnc2s1. The second-order valence-corrected chi connectivity index (χ2v) is 6.87. The van der Waals surface area contributed by atoms with Crippen molar-refractivity contribution < 1.29 is 0 Å². The fourth-order valence-corrected chi connectivity index (χ4v) is 3.13. The fourth-order valence-electron chi connectivity index (χ4n) is 1.77. The van der Waals surface area contributed by atoms with Crippen molar-refractivity contribution in [2.75, 3.05) is 0 Å². The number of aryl methyl sites for hydroxylation is 1. The molecule has 3 nitrogen and oxygen atoms in total. The Morgan fingerprint density at radius 1 is 1.53 bits per heavy atom. The lowest BCUT2D eigenvalue weighted by atomic mass is 10.1. The molecule has 2 rings (SSSR count). The Morgan fingerprint density at radius 2 is 2.35 bits per heavy atom.